The van der Waals surface area contributed by atoms with E-state index in [0.717, 1.165) is 24.7 Å². The van der Waals surface area contributed by atoms with Crippen molar-refractivity contribution in [2.45, 2.75) is 39.5 Å². The summed E-state index contributed by atoms with van der Waals surface area (Å²) in [4.78, 5) is 0. The van der Waals surface area contributed by atoms with Crippen LogP contribution in [0.1, 0.15) is 39.5 Å². The first-order chi connectivity index (χ1) is 5.72. The molecule has 0 aliphatic rings. The average molecular weight is 166 g/mol. The molecule has 12 heavy (non-hydrogen) atoms. The summed E-state index contributed by atoms with van der Waals surface area (Å²) >= 11 is 0. The van der Waals surface area contributed by atoms with Crippen LogP contribution in [0.4, 0.5) is 0 Å². The first-order valence-electron chi connectivity index (χ1n) is 4.95. The van der Waals surface area contributed by atoms with Crippen LogP contribution < -0.4 is 0 Å². The third-order valence-electron chi connectivity index (χ3n) is 2.29. The van der Waals surface area contributed by atoms with Gasteiger partial charge in [0, 0.05) is 0 Å². The molecular weight excluding hydrogens is 144 g/mol. The van der Waals surface area contributed by atoms with Gasteiger partial charge in [-0.25, -0.2) is 0 Å². The first-order valence-corrected chi connectivity index (χ1v) is 4.95. The Labute approximate surface area is 78.1 Å². The second-order valence-electron chi connectivity index (χ2n) is 3.64. The molecule has 0 rings (SSSR count). The summed E-state index contributed by atoms with van der Waals surface area (Å²) in [6.07, 6.45) is 8.82. The zero-order valence-electron chi connectivity index (χ0n) is 8.55. The molecule has 0 N–H and O–H groups in total. The van der Waals surface area contributed by atoms with Gasteiger partial charge in [-0.05, 0) is 38.0 Å². The van der Waals surface area contributed by atoms with Gasteiger partial charge in [-0.3, -0.25) is 0 Å². The molecule has 0 bridgehead atoms. The van der Waals surface area contributed by atoms with E-state index in [1.807, 2.05) is 0 Å². The average Bonchev–Trinajstić information content (AvgIpc) is 2.03. The van der Waals surface area contributed by atoms with Crippen LogP contribution in [-0.2, 0) is 0 Å². The van der Waals surface area contributed by atoms with Crippen molar-refractivity contribution >= 4 is 0 Å². The molecule has 0 aromatic carbocycles. The summed E-state index contributed by atoms with van der Waals surface area (Å²) < 4.78 is 0. The minimum atomic E-state index is 0.779. The van der Waals surface area contributed by atoms with Crippen molar-refractivity contribution in [3.8, 4) is 0 Å². The summed E-state index contributed by atoms with van der Waals surface area (Å²) in [5.74, 6) is 1.59. The van der Waals surface area contributed by atoms with Gasteiger partial charge in [0.2, 0.25) is 0 Å². The van der Waals surface area contributed by atoms with E-state index >= 15 is 0 Å². The fourth-order valence-corrected chi connectivity index (χ4v) is 1.37. The molecule has 0 heteroatoms. The Morgan fingerprint density at radius 3 is 2.25 bits per heavy atom. The maximum atomic E-state index is 3.90. The van der Waals surface area contributed by atoms with Crippen LogP contribution >= 0.6 is 0 Å². The van der Waals surface area contributed by atoms with Gasteiger partial charge in [-0.2, -0.15) is 0 Å². The first kappa shape index (κ1) is 11.7. The zero-order valence-corrected chi connectivity index (χ0v) is 8.55. The van der Waals surface area contributed by atoms with E-state index < -0.39 is 0 Å². The van der Waals surface area contributed by atoms with Crippen molar-refractivity contribution in [1.82, 2.24) is 0 Å². The number of rotatable bonds is 6. The van der Waals surface area contributed by atoms with E-state index in [1.54, 1.807) is 0 Å². The Balaban J connectivity index is 3.70. The van der Waals surface area contributed by atoms with Gasteiger partial charge in [-0.1, -0.05) is 39.3 Å². The van der Waals surface area contributed by atoms with Gasteiger partial charge < -0.3 is 0 Å². The van der Waals surface area contributed by atoms with Crippen molar-refractivity contribution in [2.24, 2.45) is 11.8 Å². The van der Waals surface area contributed by atoms with Crippen LogP contribution in [0.3, 0.4) is 0 Å². The molecule has 0 saturated carbocycles. The highest BCUT2D eigenvalue weighted by Crippen LogP contribution is 2.21. The van der Waals surface area contributed by atoms with Crippen LogP contribution in [0.5, 0.6) is 0 Å². The molecule has 0 fully saturated rings. The summed E-state index contributed by atoms with van der Waals surface area (Å²) in [6.45, 7) is 12.3. The maximum Gasteiger partial charge on any atom is -0.0320 e. The maximum absolute atomic E-state index is 3.90. The quantitative estimate of drug-likeness (QED) is 0.522. The van der Waals surface area contributed by atoms with Crippen molar-refractivity contribution in [1.29, 1.82) is 0 Å². The molecule has 0 saturated heterocycles. The fraction of sp³-hybridized carbons (Fsp3) is 0.667. The lowest BCUT2D eigenvalue weighted by Crippen LogP contribution is -2.06. The lowest BCUT2D eigenvalue weighted by Gasteiger charge is -2.17. The number of hydrogen-bond donors (Lipinski definition) is 0. The fourth-order valence-electron chi connectivity index (χ4n) is 1.37. The van der Waals surface area contributed by atoms with E-state index in [2.05, 4.69) is 39.8 Å². The Bertz CT molecular complexity index is 111. The molecule has 0 aliphatic carbocycles. The summed E-state index contributed by atoms with van der Waals surface area (Å²) in [5.41, 5.74) is 0. The normalized spacial score (nSPS) is 14.4. The Hall–Kier alpha value is -0.260. The second kappa shape index (κ2) is 7.39. The van der Waals surface area contributed by atoms with Crippen LogP contribution in [0.15, 0.2) is 12.2 Å². The molecule has 1 unspecified atom stereocenters. The lowest BCUT2D eigenvalue weighted by atomic mass is 9.88. The van der Waals surface area contributed by atoms with E-state index in [9.17, 15) is 0 Å². The Kier molecular flexibility index (Phi) is 7.23. The van der Waals surface area contributed by atoms with Crippen molar-refractivity contribution < 1.29 is 0 Å². The van der Waals surface area contributed by atoms with Crippen LogP contribution in [0, 0.1) is 25.7 Å². The van der Waals surface area contributed by atoms with Gasteiger partial charge in [0.1, 0.15) is 0 Å². The monoisotopic (exact) mass is 166 g/mol. The van der Waals surface area contributed by atoms with E-state index in [1.165, 1.54) is 12.8 Å². The minimum Gasteiger partial charge on any atom is -0.0885 e. The van der Waals surface area contributed by atoms with E-state index in [-0.39, 0.29) is 0 Å². The number of allylic oxidation sites excluding steroid dienone is 2. The molecule has 0 aromatic heterocycles. The van der Waals surface area contributed by atoms with Gasteiger partial charge in [0.25, 0.3) is 0 Å². The van der Waals surface area contributed by atoms with Crippen LogP contribution in [0.2, 0.25) is 0 Å². The lowest BCUT2D eigenvalue weighted by molar-refractivity contribution is 0.365. The van der Waals surface area contributed by atoms with Gasteiger partial charge in [0.15, 0.2) is 0 Å². The Morgan fingerprint density at radius 1 is 1.17 bits per heavy atom. The van der Waals surface area contributed by atoms with Gasteiger partial charge in [-0.15, -0.1) is 0 Å². The highest BCUT2D eigenvalue weighted by Gasteiger charge is 2.09. The Morgan fingerprint density at radius 2 is 1.83 bits per heavy atom. The topological polar surface area (TPSA) is 0 Å². The summed E-state index contributed by atoms with van der Waals surface area (Å²) in [5, 5.41) is 0. The molecule has 0 spiro atoms. The van der Waals surface area contributed by atoms with Crippen molar-refractivity contribution in [2.75, 3.05) is 0 Å². The SMILES string of the molecule is [CH2]C/C=C/CC(CC[CH2])C(C)C. The second-order valence-corrected chi connectivity index (χ2v) is 3.64. The summed E-state index contributed by atoms with van der Waals surface area (Å²) in [7, 11) is 0. The summed E-state index contributed by atoms with van der Waals surface area (Å²) in [6, 6.07) is 0. The van der Waals surface area contributed by atoms with Crippen molar-refractivity contribution in [3.63, 3.8) is 0 Å². The van der Waals surface area contributed by atoms with E-state index in [4.69, 9.17) is 0 Å². The molecule has 70 valence electrons. The predicted octanol–water partition coefficient (Wildman–Crippen LogP) is 4.04. The number of hydrogen-bond acceptors (Lipinski definition) is 0. The smallest absolute Gasteiger partial charge is 0.0320 e. The van der Waals surface area contributed by atoms with E-state index in [0.29, 0.717) is 0 Å². The highest BCUT2D eigenvalue weighted by molar-refractivity contribution is 4.85. The molecule has 0 nitrogen and oxygen atoms in total. The minimum absolute atomic E-state index is 0.779. The van der Waals surface area contributed by atoms with Crippen LogP contribution in [-0.4, -0.2) is 0 Å². The molecule has 0 aromatic rings. The van der Waals surface area contributed by atoms with Gasteiger partial charge >= 0.3 is 0 Å². The zero-order chi connectivity index (χ0) is 9.40. The van der Waals surface area contributed by atoms with Crippen LogP contribution in [0.25, 0.3) is 0 Å². The highest BCUT2D eigenvalue weighted by atomic mass is 14.1. The molecule has 2 radical (unpaired) electrons. The third-order valence-corrected chi connectivity index (χ3v) is 2.29. The molecular formula is C12H22. The largest absolute Gasteiger partial charge is 0.0885 e. The van der Waals surface area contributed by atoms with Gasteiger partial charge in [0.05, 0.1) is 0 Å². The molecule has 0 aliphatic heterocycles. The molecule has 1 atom stereocenters. The predicted molar refractivity (Wildman–Crippen MR) is 56.7 cm³/mol. The van der Waals surface area contributed by atoms with Crippen molar-refractivity contribution in [3.05, 3.63) is 26.0 Å². The standard InChI is InChI=1S/C12H22/c1-5-7-8-10-12(9-6-2)11(3)4/h7-8,11-12H,1-2,5-6,9-10H2,3-4H3/b8-7+. The molecule has 0 amide bonds. The molecule has 0 heterocycles. The third kappa shape index (κ3) is 5.40.